The predicted molar refractivity (Wildman–Crippen MR) is 51.3 cm³/mol. The molecule has 70 valence electrons. The minimum atomic E-state index is 0.766. The zero-order valence-corrected chi connectivity index (χ0v) is 8.05. The Balaban J connectivity index is 1.91. The molecule has 1 atom stereocenters. The van der Waals surface area contributed by atoms with Crippen LogP contribution in [0.2, 0.25) is 0 Å². The first-order valence-corrected chi connectivity index (χ1v) is 5.34. The number of hydrogen-bond donors (Lipinski definition) is 1. The molecular weight excluding hydrogens is 148 g/mol. The zero-order chi connectivity index (χ0) is 8.39. The molecule has 1 heterocycles. The lowest BCUT2D eigenvalue weighted by Crippen LogP contribution is -2.53. The summed E-state index contributed by atoms with van der Waals surface area (Å²) in [5.74, 6) is 0. The maximum atomic E-state index is 3.45. The molecule has 0 bridgehead atoms. The van der Waals surface area contributed by atoms with Gasteiger partial charge in [0.05, 0.1) is 0 Å². The number of piperazine rings is 1. The van der Waals surface area contributed by atoms with Crippen LogP contribution in [0, 0.1) is 0 Å². The van der Waals surface area contributed by atoms with Gasteiger partial charge in [-0.3, -0.25) is 4.90 Å². The van der Waals surface area contributed by atoms with Gasteiger partial charge in [-0.2, -0.15) is 0 Å². The van der Waals surface area contributed by atoms with Crippen molar-refractivity contribution in [3.8, 4) is 0 Å². The minimum Gasteiger partial charge on any atom is -0.314 e. The van der Waals surface area contributed by atoms with Crippen molar-refractivity contribution in [1.29, 1.82) is 0 Å². The monoisotopic (exact) mass is 168 g/mol. The van der Waals surface area contributed by atoms with Crippen LogP contribution >= 0.6 is 0 Å². The summed E-state index contributed by atoms with van der Waals surface area (Å²) in [6, 6.07) is 1.68. The average Bonchev–Trinajstić information content (AvgIpc) is 2.57. The maximum absolute atomic E-state index is 3.45. The van der Waals surface area contributed by atoms with E-state index in [2.05, 4.69) is 17.1 Å². The number of rotatable bonds is 1. The van der Waals surface area contributed by atoms with Crippen LogP contribution < -0.4 is 5.32 Å². The molecule has 1 aliphatic heterocycles. The second kappa shape index (κ2) is 3.75. The average molecular weight is 168 g/mol. The molecule has 2 nitrogen and oxygen atoms in total. The van der Waals surface area contributed by atoms with Crippen molar-refractivity contribution < 1.29 is 0 Å². The molecule has 0 radical (unpaired) electrons. The van der Waals surface area contributed by atoms with E-state index in [0.717, 1.165) is 12.1 Å². The van der Waals surface area contributed by atoms with Crippen molar-refractivity contribution in [3.63, 3.8) is 0 Å². The van der Waals surface area contributed by atoms with Gasteiger partial charge in [-0.15, -0.1) is 0 Å². The Labute approximate surface area is 75.3 Å². The molecule has 0 aromatic carbocycles. The third-order valence-corrected chi connectivity index (χ3v) is 3.35. The van der Waals surface area contributed by atoms with Crippen molar-refractivity contribution in [1.82, 2.24) is 10.2 Å². The quantitative estimate of drug-likeness (QED) is 0.633. The molecule has 2 rings (SSSR count). The molecule has 2 heteroatoms. The van der Waals surface area contributed by atoms with Gasteiger partial charge in [0.1, 0.15) is 0 Å². The Kier molecular flexibility index (Phi) is 2.66. The Morgan fingerprint density at radius 3 is 2.67 bits per heavy atom. The lowest BCUT2D eigenvalue weighted by molar-refractivity contribution is 0.119. The summed E-state index contributed by atoms with van der Waals surface area (Å²) in [5.41, 5.74) is 0. The van der Waals surface area contributed by atoms with Gasteiger partial charge in [0.15, 0.2) is 0 Å². The van der Waals surface area contributed by atoms with Crippen LogP contribution in [-0.4, -0.2) is 36.6 Å². The number of hydrogen-bond acceptors (Lipinski definition) is 2. The summed E-state index contributed by atoms with van der Waals surface area (Å²) in [4.78, 5) is 2.71. The fraction of sp³-hybridized carbons (Fsp3) is 1.00. The minimum absolute atomic E-state index is 0.766. The lowest BCUT2D eigenvalue weighted by atomic mass is 10.1. The van der Waals surface area contributed by atoms with Crippen LogP contribution in [0.5, 0.6) is 0 Å². The van der Waals surface area contributed by atoms with E-state index in [9.17, 15) is 0 Å². The molecule has 1 aliphatic carbocycles. The number of nitrogens with one attached hydrogen (secondary N) is 1. The molecule has 1 N–H and O–H groups in total. The normalized spacial score (nSPS) is 34.2. The molecule has 0 amide bonds. The highest BCUT2D eigenvalue weighted by molar-refractivity contribution is 4.85. The molecule has 12 heavy (non-hydrogen) atoms. The second-order valence-electron chi connectivity index (χ2n) is 4.23. The van der Waals surface area contributed by atoms with Gasteiger partial charge < -0.3 is 5.32 Å². The van der Waals surface area contributed by atoms with Gasteiger partial charge in [0, 0.05) is 31.7 Å². The summed E-state index contributed by atoms with van der Waals surface area (Å²) in [7, 11) is 0. The van der Waals surface area contributed by atoms with E-state index in [1.807, 2.05) is 0 Å². The molecule has 0 aromatic heterocycles. The standard InChI is InChI=1S/C10H20N2/c1-9-8-11-6-7-12(9)10-4-2-3-5-10/h9-11H,2-8H2,1H3. The van der Waals surface area contributed by atoms with Gasteiger partial charge in [-0.1, -0.05) is 12.8 Å². The first-order chi connectivity index (χ1) is 5.88. The molecule has 2 aliphatic rings. The van der Waals surface area contributed by atoms with Crippen LogP contribution in [0.4, 0.5) is 0 Å². The number of nitrogens with zero attached hydrogens (tertiary/aromatic N) is 1. The van der Waals surface area contributed by atoms with E-state index in [1.165, 1.54) is 45.3 Å². The third kappa shape index (κ3) is 1.64. The summed E-state index contributed by atoms with van der Waals surface area (Å²) in [6.45, 7) is 6.01. The second-order valence-corrected chi connectivity index (χ2v) is 4.23. The smallest absolute Gasteiger partial charge is 0.0195 e. The maximum Gasteiger partial charge on any atom is 0.0195 e. The van der Waals surface area contributed by atoms with Crippen molar-refractivity contribution in [2.24, 2.45) is 0 Å². The Morgan fingerprint density at radius 2 is 2.00 bits per heavy atom. The van der Waals surface area contributed by atoms with Gasteiger partial charge in [-0.05, 0) is 19.8 Å². The molecule has 2 fully saturated rings. The van der Waals surface area contributed by atoms with Crippen molar-refractivity contribution in [2.75, 3.05) is 19.6 Å². The van der Waals surface area contributed by atoms with E-state index in [-0.39, 0.29) is 0 Å². The van der Waals surface area contributed by atoms with Gasteiger partial charge in [0.2, 0.25) is 0 Å². The van der Waals surface area contributed by atoms with Crippen molar-refractivity contribution in [3.05, 3.63) is 0 Å². The largest absolute Gasteiger partial charge is 0.314 e. The molecular formula is C10H20N2. The molecule has 1 unspecified atom stereocenters. The van der Waals surface area contributed by atoms with Crippen LogP contribution in [0.1, 0.15) is 32.6 Å². The molecule has 0 aromatic rings. The van der Waals surface area contributed by atoms with Crippen LogP contribution in [-0.2, 0) is 0 Å². The van der Waals surface area contributed by atoms with E-state index >= 15 is 0 Å². The Bertz CT molecular complexity index is 141. The molecule has 0 spiro atoms. The summed E-state index contributed by atoms with van der Waals surface area (Å²) >= 11 is 0. The van der Waals surface area contributed by atoms with E-state index in [1.54, 1.807) is 0 Å². The first-order valence-electron chi connectivity index (χ1n) is 5.34. The van der Waals surface area contributed by atoms with Crippen LogP contribution in [0.25, 0.3) is 0 Å². The fourth-order valence-corrected chi connectivity index (χ4v) is 2.64. The van der Waals surface area contributed by atoms with Crippen molar-refractivity contribution >= 4 is 0 Å². The van der Waals surface area contributed by atoms with Crippen molar-refractivity contribution in [2.45, 2.75) is 44.7 Å². The first kappa shape index (κ1) is 8.52. The van der Waals surface area contributed by atoms with Gasteiger partial charge in [-0.25, -0.2) is 0 Å². The molecule has 1 saturated heterocycles. The van der Waals surface area contributed by atoms with Gasteiger partial charge in [0.25, 0.3) is 0 Å². The van der Waals surface area contributed by atoms with E-state index in [0.29, 0.717) is 0 Å². The topological polar surface area (TPSA) is 15.3 Å². The van der Waals surface area contributed by atoms with Crippen LogP contribution in [0.3, 0.4) is 0 Å². The van der Waals surface area contributed by atoms with Gasteiger partial charge >= 0.3 is 0 Å². The summed E-state index contributed by atoms with van der Waals surface area (Å²) < 4.78 is 0. The lowest BCUT2D eigenvalue weighted by Gasteiger charge is -2.38. The fourth-order valence-electron chi connectivity index (χ4n) is 2.64. The summed E-state index contributed by atoms with van der Waals surface area (Å²) in [5, 5.41) is 3.45. The highest BCUT2D eigenvalue weighted by Gasteiger charge is 2.27. The van der Waals surface area contributed by atoms with Crippen LogP contribution in [0.15, 0.2) is 0 Å². The highest BCUT2D eigenvalue weighted by atomic mass is 15.2. The highest BCUT2D eigenvalue weighted by Crippen LogP contribution is 2.25. The Morgan fingerprint density at radius 1 is 1.25 bits per heavy atom. The Hall–Kier alpha value is -0.0800. The van der Waals surface area contributed by atoms with E-state index < -0.39 is 0 Å². The SMILES string of the molecule is CC1CNCCN1C1CCCC1. The summed E-state index contributed by atoms with van der Waals surface area (Å²) in [6.07, 6.45) is 5.82. The zero-order valence-electron chi connectivity index (χ0n) is 8.05. The predicted octanol–water partition coefficient (Wildman–Crippen LogP) is 1.22. The third-order valence-electron chi connectivity index (χ3n) is 3.35. The van der Waals surface area contributed by atoms with E-state index in [4.69, 9.17) is 0 Å². The molecule has 1 saturated carbocycles.